The predicted octanol–water partition coefficient (Wildman–Crippen LogP) is -3.49. The Morgan fingerprint density at radius 2 is 2.00 bits per heavy atom. The molecule has 5 heteroatoms. The number of rotatable bonds is 4. The summed E-state index contributed by atoms with van der Waals surface area (Å²) in [6.07, 6.45) is 0.940. The second-order valence-electron chi connectivity index (χ2n) is 3.54. The molecule has 1 aliphatic rings. The lowest BCUT2D eigenvalue weighted by Crippen LogP contribution is -3.00. The Bertz CT molecular complexity index is 159. The van der Waals surface area contributed by atoms with Crippen LogP contribution in [-0.4, -0.2) is 50.9 Å². The van der Waals surface area contributed by atoms with E-state index in [0.29, 0.717) is 5.75 Å². The summed E-state index contributed by atoms with van der Waals surface area (Å²) in [7, 11) is 0.0248. The largest absolute Gasteiger partial charge is 1.00 e. The molecule has 1 saturated heterocycles. The van der Waals surface area contributed by atoms with Crippen LogP contribution in [0, 0.1) is 0 Å². The average molecular weight is 243 g/mol. The summed E-state index contributed by atoms with van der Waals surface area (Å²) in [5.41, 5.74) is 0. The van der Waals surface area contributed by atoms with Crippen LogP contribution < -0.4 is 12.4 Å². The highest BCUT2D eigenvalue weighted by molar-refractivity contribution is 7.97. The molecule has 86 valence electrons. The van der Waals surface area contributed by atoms with Crippen LogP contribution in [0.4, 0.5) is 0 Å². The second-order valence-corrected chi connectivity index (χ2v) is 5.96. The number of halogens is 1. The number of hydrogen-bond acceptors (Lipinski definition) is 3. The molecule has 3 nitrogen and oxygen atoms in total. The van der Waals surface area contributed by atoms with Crippen molar-refractivity contribution in [2.45, 2.75) is 37.2 Å². The van der Waals surface area contributed by atoms with Gasteiger partial charge in [-0.05, 0) is 17.3 Å². The number of hydrogen-bond donors (Lipinski definition) is 3. The van der Waals surface area contributed by atoms with Crippen LogP contribution in [-0.2, 0) is 10.9 Å². The van der Waals surface area contributed by atoms with Crippen LogP contribution in [0.3, 0.4) is 0 Å². The van der Waals surface area contributed by atoms with E-state index >= 15 is 0 Å². The second kappa shape index (κ2) is 6.90. The van der Waals surface area contributed by atoms with Gasteiger partial charge in [0, 0.05) is 0 Å². The molecule has 3 N–H and O–H groups in total. The van der Waals surface area contributed by atoms with Crippen molar-refractivity contribution < 1.29 is 27.7 Å². The summed E-state index contributed by atoms with van der Waals surface area (Å²) in [4.78, 5) is 0. The van der Waals surface area contributed by atoms with Gasteiger partial charge in [-0.15, -0.1) is 0 Å². The summed E-state index contributed by atoms with van der Waals surface area (Å²) in [6, 6.07) is 0. The van der Waals surface area contributed by atoms with Gasteiger partial charge < -0.3 is 27.7 Å². The fourth-order valence-corrected chi connectivity index (χ4v) is 4.46. The van der Waals surface area contributed by atoms with E-state index in [1.54, 1.807) is 0 Å². The Kier molecular flexibility index (Phi) is 7.16. The monoisotopic (exact) mass is 242 g/mol. The molecule has 1 heterocycles. The molecule has 0 saturated carbocycles. The lowest BCUT2D eigenvalue weighted by atomic mass is 10.2. The molecule has 1 unspecified atom stereocenters. The topological polar surface area (TPSA) is 60.7 Å². The summed E-state index contributed by atoms with van der Waals surface area (Å²) in [6.45, 7) is 2.13. The van der Waals surface area contributed by atoms with Crippen molar-refractivity contribution in [2.24, 2.45) is 0 Å². The Labute approximate surface area is 94.3 Å². The van der Waals surface area contributed by atoms with Crippen molar-refractivity contribution in [1.29, 1.82) is 0 Å². The van der Waals surface area contributed by atoms with Gasteiger partial charge in [0.1, 0.15) is 23.7 Å². The molecule has 0 aliphatic carbocycles. The maximum absolute atomic E-state index is 9.52. The zero-order chi connectivity index (χ0) is 9.84. The number of aliphatic hydroxyl groups excluding tert-OH is 3. The molecule has 0 aromatic heterocycles. The SMILES string of the molecule is CCCC[S+]1C[C@@H](O)[C@H](O)[C@H]1CO.[Cl-]. The molecule has 1 rings (SSSR count). The van der Waals surface area contributed by atoms with Crippen LogP contribution in [0.1, 0.15) is 19.8 Å². The lowest BCUT2D eigenvalue weighted by Gasteiger charge is -2.11. The average Bonchev–Trinajstić information content (AvgIpc) is 2.39. The van der Waals surface area contributed by atoms with E-state index in [1.807, 2.05) is 0 Å². The van der Waals surface area contributed by atoms with Crippen LogP contribution in [0.25, 0.3) is 0 Å². The minimum atomic E-state index is -0.704. The van der Waals surface area contributed by atoms with E-state index in [4.69, 9.17) is 5.11 Å². The minimum absolute atomic E-state index is 0. The van der Waals surface area contributed by atoms with Crippen molar-refractivity contribution in [3.63, 3.8) is 0 Å². The van der Waals surface area contributed by atoms with Crippen LogP contribution in [0.15, 0.2) is 0 Å². The van der Waals surface area contributed by atoms with E-state index in [9.17, 15) is 10.2 Å². The molecule has 0 amide bonds. The van der Waals surface area contributed by atoms with Gasteiger partial charge in [-0.1, -0.05) is 13.3 Å². The Hall–Kier alpha value is 0.520. The fraction of sp³-hybridized carbons (Fsp3) is 1.00. The summed E-state index contributed by atoms with van der Waals surface area (Å²) in [5.74, 6) is 1.71. The first-order valence-corrected chi connectivity index (χ1v) is 6.46. The highest BCUT2D eigenvalue weighted by atomic mass is 35.5. The van der Waals surface area contributed by atoms with Gasteiger partial charge in [-0.25, -0.2) is 0 Å². The number of aliphatic hydroxyl groups is 3. The summed E-state index contributed by atoms with van der Waals surface area (Å²) < 4.78 is 0. The fourth-order valence-electron chi connectivity index (χ4n) is 1.66. The van der Waals surface area contributed by atoms with Crippen molar-refractivity contribution in [3.8, 4) is 0 Å². The molecule has 1 fully saturated rings. The Balaban J connectivity index is 0.00000169. The zero-order valence-corrected chi connectivity index (χ0v) is 9.97. The molecule has 0 aromatic rings. The summed E-state index contributed by atoms with van der Waals surface area (Å²) in [5, 5.41) is 27.9. The molecule has 0 spiro atoms. The van der Waals surface area contributed by atoms with Gasteiger partial charge in [0.15, 0.2) is 5.25 Å². The maximum atomic E-state index is 9.52. The Morgan fingerprint density at radius 3 is 2.50 bits per heavy atom. The first kappa shape index (κ1) is 14.5. The third kappa shape index (κ3) is 3.28. The molecular formula is C9H19ClO3S. The molecule has 4 atom stereocenters. The minimum Gasteiger partial charge on any atom is -1.00 e. The van der Waals surface area contributed by atoms with E-state index in [2.05, 4.69) is 6.92 Å². The van der Waals surface area contributed by atoms with Crippen LogP contribution in [0.5, 0.6) is 0 Å². The van der Waals surface area contributed by atoms with Crippen molar-refractivity contribution in [3.05, 3.63) is 0 Å². The first-order valence-electron chi connectivity index (χ1n) is 4.84. The zero-order valence-electron chi connectivity index (χ0n) is 8.40. The van der Waals surface area contributed by atoms with Gasteiger partial charge in [-0.3, -0.25) is 0 Å². The van der Waals surface area contributed by atoms with Crippen molar-refractivity contribution in [1.82, 2.24) is 0 Å². The standard InChI is InChI=1S/C9H19O3S.ClH/c1-2-3-4-13-6-7(11)9(12)8(13)5-10;/h7-12H,2-6H2,1H3;1H/q+1;/p-1/t7-,8-,9+,13?;/m1./s1. The van der Waals surface area contributed by atoms with Gasteiger partial charge in [0.25, 0.3) is 0 Å². The molecular weight excluding hydrogens is 224 g/mol. The Morgan fingerprint density at radius 1 is 1.36 bits per heavy atom. The summed E-state index contributed by atoms with van der Waals surface area (Å²) >= 11 is 0. The third-order valence-corrected chi connectivity index (χ3v) is 5.40. The maximum Gasteiger partial charge on any atom is 0.169 e. The highest BCUT2D eigenvalue weighted by Gasteiger charge is 2.48. The number of unbranched alkanes of at least 4 members (excludes halogenated alkanes) is 1. The van der Waals surface area contributed by atoms with E-state index < -0.39 is 12.2 Å². The van der Waals surface area contributed by atoms with Crippen LogP contribution in [0.2, 0.25) is 0 Å². The van der Waals surface area contributed by atoms with E-state index in [-0.39, 0.29) is 35.2 Å². The van der Waals surface area contributed by atoms with Crippen LogP contribution >= 0.6 is 0 Å². The third-order valence-electron chi connectivity index (χ3n) is 2.53. The normalized spacial score (nSPS) is 36.9. The molecule has 0 radical (unpaired) electrons. The molecule has 0 bridgehead atoms. The van der Waals surface area contributed by atoms with Gasteiger partial charge in [0.05, 0.1) is 6.61 Å². The molecule has 1 aliphatic heterocycles. The van der Waals surface area contributed by atoms with E-state index in [0.717, 1.165) is 18.6 Å². The van der Waals surface area contributed by atoms with Crippen molar-refractivity contribution in [2.75, 3.05) is 18.1 Å². The first-order chi connectivity index (χ1) is 6.20. The smallest absolute Gasteiger partial charge is 0.169 e. The van der Waals surface area contributed by atoms with Gasteiger partial charge in [0.2, 0.25) is 0 Å². The van der Waals surface area contributed by atoms with E-state index in [1.165, 1.54) is 0 Å². The highest BCUT2D eigenvalue weighted by Crippen LogP contribution is 2.24. The quantitative estimate of drug-likeness (QED) is 0.449. The van der Waals surface area contributed by atoms with Gasteiger partial charge >= 0.3 is 0 Å². The molecule has 14 heavy (non-hydrogen) atoms. The van der Waals surface area contributed by atoms with Crippen molar-refractivity contribution >= 4 is 10.9 Å². The molecule has 0 aromatic carbocycles. The van der Waals surface area contributed by atoms with Gasteiger partial charge in [-0.2, -0.15) is 0 Å². The predicted molar refractivity (Wildman–Crippen MR) is 54.9 cm³/mol. The lowest BCUT2D eigenvalue weighted by molar-refractivity contribution is -0.00000638.